The van der Waals surface area contributed by atoms with E-state index < -0.39 is 0 Å². The van der Waals surface area contributed by atoms with Crippen LogP contribution in [0, 0.1) is 12.8 Å². The molecule has 0 spiro atoms. The lowest BCUT2D eigenvalue weighted by molar-refractivity contribution is -0.149. The quantitative estimate of drug-likeness (QED) is 0.505. The molecule has 1 heterocycles. The molecule has 0 amide bonds. The molecule has 0 N–H and O–H groups in total. The van der Waals surface area contributed by atoms with Gasteiger partial charge in [0.15, 0.2) is 11.5 Å². The number of benzene rings is 1. The van der Waals surface area contributed by atoms with Crippen molar-refractivity contribution < 1.29 is 19.0 Å². The maximum Gasteiger partial charge on any atom is 0.310 e. The Kier molecular flexibility index (Phi) is 8.06. The molecule has 1 fully saturated rings. The van der Waals surface area contributed by atoms with Crippen LogP contribution in [0.15, 0.2) is 18.2 Å². The largest absolute Gasteiger partial charge is 0.493 e. The van der Waals surface area contributed by atoms with Crippen molar-refractivity contribution in [2.75, 3.05) is 40.0 Å². The molecular weight excluding hydrogens is 318 g/mol. The molecule has 1 unspecified atom stereocenters. The molecule has 5 heteroatoms. The van der Waals surface area contributed by atoms with Gasteiger partial charge in [0.1, 0.15) is 0 Å². The van der Waals surface area contributed by atoms with Crippen LogP contribution in [-0.2, 0) is 9.53 Å². The molecule has 1 aliphatic rings. The summed E-state index contributed by atoms with van der Waals surface area (Å²) in [5.41, 5.74) is 1.16. The molecule has 1 atom stereocenters. The van der Waals surface area contributed by atoms with E-state index in [-0.39, 0.29) is 11.9 Å². The number of hydrogen-bond donors (Lipinski definition) is 0. The average Bonchev–Trinajstić information content (AvgIpc) is 2.63. The third-order valence-corrected chi connectivity index (χ3v) is 4.57. The third-order valence-electron chi connectivity index (χ3n) is 4.57. The lowest BCUT2D eigenvalue weighted by Gasteiger charge is -2.31. The minimum Gasteiger partial charge on any atom is -0.493 e. The number of aryl methyl sites for hydroxylation is 1. The Bertz CT molecular complexity index is 546. The minimum absolute atomic E-state index is 0.0398. The van der Waals surface area contributed by atoms with Gasteiger partial charge in [-0.1, -0.05) is 6.07 Å². The molecule has 0 saturated carbocycles. The van der Waals surface area contributed by atoms with E-state index >= 15 is 0 Å². The highest BCUT2D eigenvalue weighted by Crippen LogP contribution is 2.28. The van der Waals surface area contributed by atoms with Crippen LogP contribution < -0.4 is 9.47 Å². The number of methoxy groups -OCH3 is 1. The van der Waals surface area contributed by atoms with E-state index in [1.165, 1.54) is 0 Å². The number of carbonyl (C=O) groups excluding carboxylic acids is 1. The number of piperidine rings is 1. The first-order chi connectivity index (χ1) is 12.1. The maximum atomic E-state index is 11.9. The number of esters is 1. The minimum atomic E-state index is -0.0398. The van der Waals surface area contributed by atoms with Crippen LogP contribution in [0.25, 0.3) is 0 Å². The fraction of sp³-hybridized carbons (Fsp3) is 0.650. The van der Waals surface area contributed by atoms with E-state index in [9.17, 15) is 4.79 Å². The Morgan fingerprint density at radius 1 is 1.28 bits per heavy atom. The van der Waals surface area contributed by atoms with E-state index in [1.54, 1.807) is 7.11 Å². The average molecular weight is 349 g/mol. The zero-order valence-corrected chi connectivity index (χ0v) is 15.8. The zero-order valence-electron chi connectivity index (χ0n) is 15.8. The summed E-state index contributed by atoms with van der Waals surface area (Å²) in [4.78, 5) is 14.3. The van der Waals surface area contributed by atoms with Gasteiger partial charge in [0.2, 0.25) is 0 Å². The van der Waals surface area contributed by atoms with Crippen LogP contribution in [0.1, 0.15) is 38.2 Å². The molecule has 0 bridgehead atoms. The normalized spacial score (nSPS) is 18.0. The van der Waals surface area contributed by atoms with E-state index in [1.807, 2.05) is 32.0 Å². The number of likely N-dealkylation sites (tertiary alicyclic amines) is 1. The monoisotopic (exact) mass is 349 g/mol. The predicted octanol–water partition coefficient (Wildman–Crippen LogP) is 3.44. The Hall–Kier alpha value is -1.75. The second-order valence-corrected chi connectivity index (χ2v) is 6.60. The SMILES string of the molecule is CCOC(=O)C1CCCN(CCCCOc2ccc(C)cc2OC)C1. The molecule has 0 radical (unpaired) electrons. The van der Waals surface area contributed by atoms with Gasteiger partial charge in [-0.2, -0.15) is 0 Å². The van der Waals surface area contributed by atoms with E-state index in [0.29, 0.717) is 13.2 Å². The summed E-state index contributed by atoms with van der Waals surface area (Å²) in [6.07, 6.45) is 4.06. The summed E-state index contributed by atoms with van der Waals surface area (Å²) < 4.78 is 16.4. The summed E-state index contributed by atoms with van der Waals surface area (Å²) in [6, 6.07) is 5.97. The van der Waals surface area contributed by atoms with Crippen molar-refractivity contribution in [3.05, 3.63) is 23.8 Å². The van der Waals surface area contributed by atoms with E-state index in [2.05, 4.69) is 4.90 Å². The topological polar surface area (TPSA) is 48.0 Å². The van der Waals surface area contributed by atoms with Crippen LogP contribution >= 0.6 is 0 Å². The highest BCUT2D eigenvalue weighted by molar-refractivity contribution is 5.72. The first-order valence-electron chi connectivity index (χ1n) is 9.30. The van der Waals surface area contributed by atoms with E-state index in [4.69, 9.17) is 14.2 Å². The standard InChI is InChI=1S/C20H31NO4/c1-4-24-20(22)17-8-7-12-21(15-17)11-5-6-13-25-18-10-9-16(2)14-19(18)23-3/h9-10,14,17H,4-8,11-13,15H2,1-3H3. The molecule has 0 aromatic heterocycles. The Balaban J connectivity index is 1.67. The Morgan fingerprint density at radius 2 is 2.12 bits per heavy atom. The van der Waals surface area contributed by atoms with Crippen molar-refractivity contribution in [3.8, 4) is 11.5 Å². The smallest absolute Gasteiger partial charge is 0.310 e. The van der Waals surface area contributed by atoms with Gasteiger partial charge in [-0.15, -0.1) is 0 Å². The number of ether oxygens (including phenoxy) is 3. The Morgan fingerprint density at radius 3 is 2.88 bits per heavy atom. The van der Waals surface area contributed by atoms with Gasteiger partial charge in [-0.05, 0) is 70.3 Å². The van der Waals surface area contributed by atoms with Crippen molar-refractivity contribution in [1.82, 2.24) is 4.90 Å². The van der Waals surface area contributed by atoms with Gasteiger partial charge in [-0.25, -0.2) is 0 Å². The molecule has 1 aromatic rings. The first kappa shape index (κ1) is 19.6. The fourth-order valence-electron chi connectivity index (χ4n) is 3.22. The van der Waals surface area contributed by atoms with Crippen LogP contribution in [0.2, 0.25) is 0 Å². The highest BCUT2D eigenvalue weighted by Gasteiger charge is 2.26. The van der Waals surface area contributed by atoms with Crippen molar-refractivity contribution >= 4 is 5.97 Å². The maximum absolute atomic E-state index is 11.9. The van der Waals surface area contributed by atoms with Gasteiger partial charge < -0.3 is 19.1 Å². The van der Waals surface area contributed by atoms with Crippen LogP contribution in [-0.4, -0.2) is 50.8 Å². The molecular formula is C20H31NO4. The second kappa shape index (κ2) is 10.3. The number of nitrogens with zero attached hydrogens (tertiary/aromatic N) is 1. The van der Waals surface area contributed by atoms with Crippen molar-refractivity contribution in [2.45, 2.75) is 39.5 Å². The molecule has 1 aliphatic heterocycles. The predicted molar refractivity (Wildman–Crippen MR) is 98.3 cm³/mol. The zero-order chi connectivity index (χ0) is 18.1. The first-order valence-corrected chi connectivity index (χ1v) is 9.30. The molecule has 2 rings (SSSR count). The highest BCUT2D eigenvalue weighted by atomic mass is 16.5. The number of carbonyl (C=O) groups is 1. The van der Waals surface area contributed by atoms with Crippen molar-refractivity contribution in [2.24, 2.45) is 5.92 Å². The summed E-state index contributed by atoms with van der Waals surface area (Å²) in [6.45, 7) is 7.94. The van der Waals surface area contributed by atoms with E-state index in [0.717, 1.165) is 62.4 Å². The number of rotatable bonds is 9. The molecule has 0 aliphatic carbocycles. The van der Waals surface area contributed by atoms with Gasteiger partial charge in [0, 0.05) is 6.54 Å². The molecule has 1 aromatic carbocycles. The second-order valence-electron chi connectivity index (χ2n) is 6.60. The van der Waals surface area contributed by atoms with Gasteiger partial charge in [-0.3, -0.25) is 4.79 Å². The van der Waals surface area contributed by atoms with Gasteiger partial charge in [0.25, 0.3) is 0 Å². The Labute approximate surface area is 151 Å². The number of unbranched alkanes of at least 4 members (excludes halogenated alkanes) is 1. The summed E-state index contributed by atoms with van der Waals surface area (Å²) >= 11 is 0. The lowest BCUT2D eigenvalue weighted by atomic mass is 9.98. The summed E-state index contributed by atoms with van der Waals surface area (Å²) in [5, 5.41) is 0. The van der Waals surface area contributed by atoms with Crippen LogP contribution in [0.5, 0.6) is 11.5 Å². The molecule has 140 valence electrons. The summed E-state index contributed by atoms with van der Waals surface area (Å²) in [7, 11) is 1.66. The van der Waals surface area contributed by atoms with Crippen LogP contribution in [0.4, 0.5) is 0 Å². The molecule has 25 heavy (non-hydrogen) atoms. The van der Waals surface area contributed by atoms with Gasteiger partial charge in [0.05, 0.1) is 26.2 Å². The van der Waals surface area contributed by atoms with Crippen molar-refractivity contribution in [3.63, 3.8) is 0 Å². The molecule has 1 saturated heterocycles. The number of hydrogen-bond acceptors (Lipinski definition) is 5. The third kappa shape index (κ3) is 6.24. The summed E-state index contributed by atoms with van der Waals surface area (Å²) in [5.74, 6) is 1.59. The lowest BCUT2D eigenvalue weighted by Crippen LogP contribution is -2.39. The fourth-order valence-corrected chi connectivity index (χ4v) is 3.22. The molecule has 5 nitrogen and oxygen atoms in total. The van der Waals surface area contributed by atoms with Crippen molar-refractivity contribution in [1.29, 1.82) is 0 Å². The van der Waals surface area contributed by atoms with Gasteiger partial charge >= 0.3 is 5.97 Å². The van der Waals surface area contributed by atoms with Crippen LogP contribution in [0.3, 0.4) is 0 Å².